The van der Waals surface area contributed by atoms with E-state index in [0.29, 0.717) is 5.56 Å². The molecule has 1 aliphatic rings. The summed E-state index contributed by atoms with van der Waals surface area (Å²) in [6.45, 7) is 0.727. The average molecular weight is 142 g/mol. The molecule has 0 unspecified atom stereocenters. The number of rotatable bonds is 0. The number of nitrogens with zero attached hydrogens (tertiary/aromatic N) is 2. The monoisotopic (exact) mass is 142 g/mol. The van der Waals surface area contributed by atoms with Crippen molar-refractivity contribution in [1.29, 1.82) is 5.26 Å². The third-order valence-corrected chi connectivity index (χ3v) is 1.76. The summed E-state index contributed by atoms with van der Waals surface area (Å²) in [7, 11) is 0. The summed E-state index contributed by atoms with van der Waals surface area (Å²) in [5, 5.41) is 8.58. The fourth-order valence-electron chi connectivity index (χ4n) is 1.18. The molecule has 0 saturated heterocycles. The first-order valence-electron chi connectivity index (χ1n) is 3.43. The van der Waals surface area contributed by atoms with Crippen molar-refractivity contribution in [3.05, 3.63) is 34.9 Å². The summed E-state index contributed by atoms with van der Waals surface area (Å²) < 4.78 is 0. The minimum Gasteiger partial charge on any atom is -0.288 e. The first kappa shape index (κ1) is 6.11. The van der Waals surface area contributed by atoms with Crippen LogP contribution >= 0.6 is 0 Å². The van der Waals surface area contributed by atoms with Gasteiger partial charge in [-0.25, -0.2) is 0 Å². The van der Waals surface area contributed by atoms with Gasteiger partial charge >= 0.3 is 0 Å². The van der Waals surface area contributed by atoms with Crippen molar-refractivity contribution < 1.29 is 0 Å². The molecule has 1 aromatic carbocycles. The summed E-state index contributed by atoms with van der Waals surface area (Å²) in [6.07, 6.45) is 1.84. The molecule has 0 aliphatic carbocycles. The van der Waals surface area contributed by atoms with Crippen molar-refractivity contribution >= 4 is 6.21 Å². The number of benzene rings is 1. The molecule has 0 saturated carbocycles. The van der Waals surface area contributed by atoms with Crippen LogP contribution < -0.4 is 0 Å². The van der Waals surface area contributed by atoms with E-state index in [0.717, 1.165) is 17.7 Å². The van der Waals surface area contributed by atoms with Crippen LogP contribution in [0.15, 0.2) is 23.2 Å². The third kappa shape index (κ3) is 0.908. The van der Waals surface area contributed by atoms with Gasteiger partial charge in [-0.2, -0.15) is 5.26 Å². The van der Waals surface area contributed by atoms with Crippen LogP contribution in [0.1, 0.15) is 16.7 Å². The number of nitriles is 1. The highest BCUT2D eigenvalue weighted by Gasteiger charge is 2.05. The summed E-state index contributed by atoms with van der Waals surface area (Å²) in [4.78, 5) is 4.09. The Hall–Kier alpha value is -1.62. The van der Waals surface area contributed by atoms with Gasteiger partial charge in [-0.15, -0.1) is 0 Å². The van der Waals surface area contributed by atoms with E-state index in [1.807, 2.05) is 24.4 Å². The van der Waals surface area contributed by atoms with Crippen LogP contribution in [0.25, 0.3) is 0 Å². The Morgan fingerprint density at radius 3 is 3.18 bits per heavy atom. The first-order valence-corrected chi connectivity index (χ1v) is 3.43. The Labute approximate surface area is 64.8 Å². The molecule has 1 aliphatic heterocycles. The van der Waals surface area contributed by atoms with E-state index in [4.69, 9.17) is 5.26 Å². The fourth-order valence-corrected chi connectivity index (χ4v) is 1.18. The minimum atomic E-state index is 0.717. The largest absolute Gasteiger partial charge is 0.288 e. The molecule has 0 atom stereocenters. The molecular formula is C9H6N2. The maximum absolute atomic E-state index is 8.58. The van der Waals surface area contributed by atoms with Crippen LogP contribution in [-0.4, -0.2) is 6.21 Å². The van der Waals surface area contributed by atoms with E-state index >= 15 is 0 Å². The van der Waals surface area contributed by atoms with Crippen molar-refractivity contribution in [3.63, 3.8) is 0 Å². The minimum absolute atomic E-state index is 0.717. The van der Waals surface area contributed by atoms with Crippen molar-refractivity contribution in [2.24, 2.45) is 4.99 Å². The molecule has 0 amide bonds. The summed E-state index contributed by atoms with van der Waals surface area (Å²) in [5.41, 5.74) is 3.02. The normalized spacial score (nSPS) is 12.6. The molecule has 0 bridgehead atoms. The van der Waals surface area contributed by atoms with Crippen LogP contribution in [0.4, 0.5) is 0 Å². The Morgan fingerprint density at radius 1 is 1.45 bits per heavy atom. The molecule has 11 heavy (non-hydrogen) atoms. The van der Waals surface area contributed by atoms with Gasteiger partial charge in [0.05, 0.1) is 18.2 Å². The van der Waals surface area contributed by atoms with Gasteiger partial charge in [0.1, 0.15) is 0 Å². The Balaban J connectivity index is 2.56. The van der Waals surface area contributed by atoms with Gasteiger partial charge in [-0.3, -0.25) is 4.99 Å². The molecule has 2 rings (SSSR count). The van der Waals surface area contributed by atoms with Crippen LogP contribution in [0, 0.1) is 11.3 Å². The highest BCUT2D eigenvalue weighted by molar-refractivity contribution is 5.84. The summed E-state index contributed by atoms with van der Waals surface area (Å²) in [5.74, 6) is 0. The molecule has 1 heterocycles. The van der Waals surface area contributed by atoms with Gasteiger partial charge in [0, 0.05) is 6.21 Å². The highest BCUT2D eigenvalue weighted by atomic mass is 14.7. The van der Waals surface area contributed by atoms with Gasteiger partial charge in [-0.05, 0) is 23.3 Å². The van der Waals surface area contributed by atoms with E-state index in [9.17, 15) is 0 Å². The van der Waals surface area contributed by atoms with E-state index in [-0.39, 0.29) is 0 Å². The van der Waals surface area contributed by atoms with Crippen molar-refractivity contribution in [1.82, 2.24) is 0 Å². The molecule has 0 spiro atoms. The Bertz CT molecular complexity index is 358. The standard InChI is InChI=1S/C9H6N2/c10-4-7-1-2-8-5-11-6-9(8)3-7/h1-3,5H,6H2. The topological polar surface area (TPSA) is 36.1 Å². The van der Waals surface area contributed by atoms with E-state index in [1.165, 1.54) is 0 Å². The molecule has 2 heteroatoms. The van der Waals surface area contributed by atoms with Crippen LogP contribution in [-0.2, 0) is 6.54 Å². The smallest absolute Gasteiger partial charge is 0.0991 e. The maximum atomic E-state index is 8.58. The van der Waals surface area contributed by atoms with Crippen molar-refractivity contribution in [2.45, 2.75) is 6.54 Å². The van der Waals surface area contributed by atoms with Crippen LogP contribution in [0.3, 0.4) is 0 Å². The van der Waals surface area contributed by atoms with Crippen molar-refractivity contribution in [3.8, 4) is 6.07 Å². The van der Waals surface area contributed by atoms with Gasteiger partial charge < -0.3 is 0 Å². The number of aliphatic imine (C=N–C) groups is 1. The lowest BCUT2D eigenvalue weighted by molar-refractivity contribution is 1.11. The van der Waals surface area contributed by atoms with Crippen LogP contribution in [0.2, 0.25) is 0 Å². The molecular weight excluding hydrogens is 136 g/mol. The molecule has 0 fully saturated rings. The van der Waals surface area contributed by atoms with Crippen LogP contribution in [0.5, 0.6) is 0 Å². The predicted molar refractivity (Wildman–Crippen MR) is 42.5 cm³/mol. The number of hydrogen-bond donors (Lipinski definition) is 0. The second-order valence-electron chi connectivity index (χ2n) is 2.50. The maximum Gasteiger partial charge on any atom is 0.0991 e. The van der Waals surface area contributed by atoms with Gasteiger partial charge in [-0.1, -0.05) is 6.07 Å². The van der Waals surface area contributed by atoms with Gasteiger partial charge in [0.2, 0.25) is 0 Å². The second kappa shape index (κ2) is 2.21. The molecule has 2 nitrogen and oxygen atoms in total. The third-order valence-electron chi connectivity index (χ3n) is 1.76. The molecule has 0 N–H and O–H groups in total. The van der Waals surface area contributed by atoms with E-state index < -0.39 is 0 Å². The Morgan fingerprint density at radius 2 is 2.36 bits per heavy atom. The highest BCUT2D eigenvalue weighted by Crippen LogP contribution is 2.15. The lowest BCUT2D eigenvalue weighted by Crippen LogP contribution is -1.84. The summed E-state index contributed by atoms with van der Waals surface area (Å²) >= 11 is 0. The zero-order valence-corrected chi connectivity index (χ0v) is 5.91. The lowest BCUT2D eigenvalue weighted by Gasteiger charge is -1.94. The predicted octanol–water partition coefficient (Wildman–Crippen LogP) is 1.49. The zero-order chi connectivity index (χ0) is 7.68. The first-order chi connectivity index (χ1) is 5.40. The van der Waals surface area contributed by atoms with E-state index in [1.54, 1.807) is 0 Å². The molecule has 1 aromatic rings. The van der Waals surface area contributed by atoms with Gasteiger partial charge in [0.25, 0.3) is 0 Å². The van der Waals surface area contributed by atoms with Gasteiger partial charge in [0.15, 0.2) is 0 Å². The quantitative estimate of drug-likeness (QED) is 0.540. The molecule has 0 radical (unpaired) electrons. The SMILES string of the molecule is N#Cc1ccc2c(c1)CN=C2. The molecule has 52 valence electrons. The van der Waals surface area contributed by atoms with Crippen molar-refractivity contribution in [2.75, 3.05) is 0 Å². The fraction of sp³-hybridized carbons (Fsp3) is 0.111. The second-order valence-corrected chi connectivity index (χ2v) is 2.50. The number of fused-ring (bicyclic) bond motifs is 1. The lowest BCUT2D eigenvalue weighted by atomic mass is 10.1. The summed E-state index contributed by atoms with van der Waals surface area (Å²) in [6, 6.07) is 7.74. The zero-order valence-electron chi connectivity index (χ0n) is 5.91. The number of hydrogen-bond acceptors (Lipinski definition) is 2. The molecule has 0 aromatic heterocycles. The Kier molecular flexibility index (Phi) is 1.23. The van der Waals surface area contributed by atoms with E-state index in [2.05, 4.69) is 11.1 Å². The average Bonchev–Trinajstić information content (AvgIpc) is 2.50.